The Hall–Kier alpha value is -4.17. The number of nitrogens with zero attached hydrogens (tertiary/aromatic N) is 3. The summed E-state index contributed by atoms with van der Waals surface area (Å²) >= 11 is 0. The normalized spacial score (nSPS) is 14.6. The minimum absolute atomic E-state index is 0.00394. The van der Waals surface area contributed by atoms with Gasteiger partial charge in [0.2, 0.25) is 11.8 Å². The van der Waals surface area contributed by atoms with Gasteiger partial charge in [-0.25, -0.2) is 0 Å². The largest absolute Gasteiger partial charge is 0.490 e. The molecule has 4 rings (SSSR count). The van der Waals surface area contributed by atoms with Gasteiger partial charge in [0.15, 0.2) is 11.5 Å². The Bertz CT molecular complexity index is 1350. The summed E-state index contributed by atoms with van der Waals surface area (Å²) in [5.74, 6) is 0.398. The molecule has 1 N–H and O–H groups in total. The predicted octanol–water partition coefficient (Wildman–Crippen LogP) is 5.65. The van der Waals surface area contributed by atoms with Gasteiger partial charge in [-0.05, 0) is 82.4 Å². The molecule has 0 saturated carbocycles. The van der Waals surface area contributed by atoms with Gasteiger partial charge in [0.05, 0.1) is 24.6 Å². The maximum atomic E-state index is 13.4. The molecule has 0 aliphatic carbocycles. The second-order valence-electron chi connectivity index (χ2n) is 9.88. The first-order valence-electron chi connectivity index (χ1n) is 13.7. The average molecular weight is 543 g/mol. The van der Waals surface area contributed by atoms with Crippen molar-refractivity contribution >= 4 is 34.6 Å². The van der Waals surface area contributed by atoms with Gasteiger partial charge in [-0.15, -0.1) is 0 Å². The molecule has 0 aromatic heterocycles. The van der Waals surface area contributed by atoms with Gasteiger partial charge in [-0.2, -0.15) is 0 Å². The summed E-state index contributed by atoms with van der Waals surface area (Å²) in [6, 6.07) is 21.0. The highest BCUT2D eigenvalue weighted by atomic mass is 16.5. The van der Waals surface area contributed by atoms with Crippen LogP contribution < -0.4 is 19.7 Å². The number of anilines is 2. The molecule has 1 aliphatic rings. The van der Waals surface area contributed by atoms with Crippen molar-refractivity contribution in [2.45, 2.75) is 33.1 Å². The van der Waals surface area contributed by atoms with Gasteiger partial charge >= 0.3 is 0 Å². The fraction of sp³-hybridized carbons (Fsp3) is 0.344. The fourth-order valence-corrected chi connectivity index (χ4v) is 4.84. The van der Waals surface area contributed by atoms with Crippen LogP contribution in [0.2, 0.25) is 0 Å². The zero-order valence-corrected chi connectivity index (χ0v) is 23.9. The molecule has 1 heterocycles. The molecule has 8 nitrogen and oxygen atoms in total. The van der Waals surface area contributed by atoms with Crippen LogP contribution in [0.3, 0.4) is 0 Å². The molecule has 210 valence electrons. The van der Waals surface area contributed by atoms with Crippen molar-refractivity contribution in [1.29, 1.82) is 0 Å². The highest BCUT2D eigenvalue weighted by molar-refractivity contribution is 6.24. The topological polar surface area (TPSA) is 83.5 Å². The van der Waals surface area contributed by atoms with Crippen LogP contribution in [0.4, 0.5) is 17.1 Å². The number of hydrogen-bond acceptors (Lipinski definition) is 6. The number of carbonyl (C=O) groups is 2. The van der Waals surface area contributed by atoms with Crippen LogP contribution >= 0.6 is 0 Å². The van der Waals surface area contributed by atoms with Gasteiger partial charge in [0.1, 0.15) is 5.92 Å². The number of rotatable bonds is 12. The van der Waals surface area contributed by atoms with Crippen LogP contribution in [0.25, 0.3) is 0 Å². The van der Waals surface area contributed by atoms with E-state index >= 15 is 0 Å². The van der Waals surface area contributed by atoms with E-state index in [1.807, 2.05) is 94.7 Å². The van der Waals surface area contributed by atoms with E-state index in [9.17, 15) is 9.59 Å². The number of carbonyl (C=O) groups excluding carboxylic acids is 2. The summed E-state index contributed by atoms with van der Waals surface area (Å²) in [5.41, 5.74) is 4.47. The number of benzene rings is 3. The zero-order chi connectivity index (χ0) is 28.6. The van der Waals surface area contributed by atoms with Gasteiger partial charge in [0, 0.05) is 30.9 Å². The highest BCUT2D eigenvalue weighted by Gasteiger charge is 2.37. The summed E-state index contributed by atoms with van der Waals surface area (Å²) in [4.78, 5) is 34.7. The number of fused-ring (bicyclic) bond motifs is 1. The number of aliphatic imine (C=N–C) groups is 1. The lowest BCUT2D eigenvalue weighted by atomic mass is 9.90. The van der Waals surface area contributed by atoms with E-state index in [0.29, 0.717) is 48.3 Å². The van der Waals surface area contributed by atoms with Gasteiger partial charge in [-0.3, -0.25) is 14.6 Å². The fourth-order valence-electron chi connectivity index (χ4n) is 4.84. The number of hydrogen-bond donors (Lipinski definition) is 1. The second-order valence-corrected chi connectivity index (χ2v) is 9.88. The standard InChI is InChI=1S/C32H38N4O4/c1-6-39-28-20-26-27(21-29(28)40-7-2)34-32(38)30(26)31(23-12-9-8-10-13-23)33-24-14-16-25(17-15-24)36(22(3)37)19-11-18-35(4)5/h8-10,12-17,20-21,30H,6-7,11,18-19H2,1-5H3,(H,34,38). The third-order valence-electron chi connectivity index (χ3n) is 6.67. The Balaban J connectivity index is 1.72. The van der Waals surface area contributed by atoms with E-state index in [1.54, 1.807) is 11.8 Å². The number of ether oxygens (including phenoxy) is 2. The lowest BCUT2D eigenvalue weighted by Gasteiger charge is -2.22. The Morgan fingerprint density at radius 1 is 0.925 bits per heavy atom. The molecule has 8 heteroatoms. The third-order valence-corrected chi connectivity index (χ3v) is 6.67. The van der Waals surface area contributed by atoms with E-state index in [2.05, 4.69) is 10.2 Å². The van der Waals surface area contributed by atoms with Crippen LogP contribution in [0.1, 0.15) is 44.2 Å². The monoisotopic (exact) mass is 542 g/mol. The van der Waals surface area contributed by atoms with Gasteiger partial charge < -0.3 is 24.6 Å². The highest BCUT2D eigenvalue weighted by Crippen LogP contribution is 2.43. The first-order valence-corrected chi connectivity index (χ1v) is 13.7. The van der Waals surface area contributed by atoms with Crippen LogP contribution in [-0.2, 0) is 9.59 Å². The Morgan fingerprint density at radius 3 is 2.17 bits per heavy atom. The lowest BCUT2D eigenvalue weighted by Crippen LogP contribution is -2.31. The zero-order valence-electron chi connectivity index (χ0n) is 23.9. The van der Waals surface area contributed by atoms with Gasteiger partial charge in [-0.1, -0.05) is 30.3 Å². The molecule has 1 unspecified atom stereocenters. The molecule has 2 amide bonds. The molecule has 3 aromatic rings. The Morgan fingerprint density at radius 2 is 1.57 bits per heavy atom. The molecule has 40 heavy (non-hydrogen) atoms. The minimum Gasteiger partial charge on any atom is -0.490 e. The molecular weight excluding hydrogens is 504 g/mol. The number of nitrogens with one attached hydrogen (secondary N) is 1. The average Bonchev–Trinajstić information content (AvgIpc) is 3.25. The maximum Gasteiger partial charge on any atom is 0.238 e. The number of amides is 2. The van der Waals surface area contributed by atoms with Crippen molar-refractivity contribution in [3.8, 4) is 11.5 Å². The molecule has 1 atom stereocenters. The molecule has 3 aromatic carbocycles. The van der Waals surface area contributed by atoms with Crippen LogP contribution in [0.5, 0.6) is 11.5 Å². The Kier molecular flexibility index (Phi) is 9.56. The summed E-state index contributed by atoms with van der Waals surface area (Å²) in [6.45, 7) is 7.90. The molecule has 0 radical (unpaired) electrons. The molecular formula is C32H38N4O4. The SMILES string of the molecule is CCOc1cc2c(cc1OCC)C(C(=Nc1ccc(N(CCCN(C)C)C(C)=O)cc1)c1ccccc1)C(=O)N2. The van der Waals surface area contributed by atoms with Crippen LogP contribution in [0, 0.1) is 0 Å². The van der Waals surface area contributed by atoms with E-state index < -0.39 is 5.92 Å². The van der Waals surface area contributed by atoms with E-state index in [0.717, 1.165) is 29.8 Å². The summed E-state index contributed by atoms with van der Waals surface area (Å²) in [7, 11) is 4.04. The summed E-state index contributed by atoms with van der Waals surface area (Å²) in [5, 5.41) is 3.01. The van der Waals surface area contributed by atoms with Gasteiger partial charge in [0.25, 0.3) is 0 Å². The third kappa shape index (κ3) is 6.69. The van der Waals surface area contributed by atoms with Crippen LogP contribution in [0.15, 0.2) is 71.7 Å². The minimum atomic E-state index is -0.633. The van der Waals surface area contributed by atoms with E-state index in [-0.39, 0.29) is 11.8 Å². The molecule has 0 saturated heterocycles. The van der Waals surface area contributed by atoms with Crippen LogP contribution in [-0.4, -0.2) is 62.8 Å². The summed E-state index contributed by atoms with van der Waals surface area (Å²) < 4.78 is 11.6. The van der Waals surface area contributed by atoms with Crippen molar-refractivity contribution in [1.82, 2.24) is 4.90 Å². The quantitative estimate of drug-likeness (QED) is 0.299. The van der Waals surface area contributed by atoms with Crippen molar-refractivity contribution in [3.63, 3.8) is 0 Å². The maximum absolute atomic E-state index is 13.4. The molecule has 0 bridgehead atoms. The van der Waals surface area contributed by atoms with Crippen molar-refractivity contribution < 1.29 is 19.1 Å². The van der Waals surface area contributed by atoms with E-state index in [4.69, 9.17) is 14.5 Å². The molecule has 0 spiro atoms. The first-order chi connectivity index (χ1) is 19.3. The van der Waals surface area contributed by atoms with Crippen molar-refractivity contribution in [2.24, 2.45) is 4.99 Å². The smallest absolute Gasteiger partial charge is 0.238 e. The molecule has 1 aliphatic heterocycles. The summed E-state index contributed by atoms with van der Waals surface area (Å²) in [6.07, 6.45) is 0.871. The van der Waals surface area contributed by atoms with Crippen molar-refractivity contribution in [2.75, 3.05) is 50.6 Å². The predicted molar refractivity (Wildman–Crippen MR) is 160 cm³/mol. The van der Waals surface area contributed by atoms with Crippen molar-refractivity contribution in [3.05, 3.63) is 77.9 Å². The molecule has 0 fully saturated rings. The second kappa shape index (κ2) is 13.3. The first kappa shape index (κ1) is 28.8. The Labute approximate surface area is 236 Å². The van der Waals surface area contributed by atoms with E-state index in [1.165, 1.54) is 0 Å². The lowest BCUT2D eigenvalue weighted by molar-refractivity contribution is -0.117.